The molecule has 0 radical (unpaired) electrons. The molecule has 2 heterocycles. The third kappa shape index (κ3) is 2.00. The first kappa shape index (κ1) is 10.3. The zero-order chi connectivity index (χ0) is 11.7. The quantitative estimate of drug-likeness (QED) is 0.874. The second kappa shape index (κ2) is 4.17. The molecule has 0 saturated carbocycles. The van der Waals surface area contributed by atoms with Gasteiger partial charge in [0.2, 0.25) is 0 Å². The van der Waals surface area contributed by atoms with Crippen molar-refractivity contribution in [3.8, 4) is 5.75 Å². The van der Waals surface area contributed by atoms with Crippen LogP contribution in [0.1, 0.15) is 24.1 Å². The minimum absolute atomic E-state index is 0.285. The second-order valence-corrected chi connectivity index (χ2v) is 4.41. The average Bonchev–Trinajstić information content (AvgIpc) is 2.97. The van der Waals surface area contributed by atoms with Crippen molar-refractivity contribution in [3.05, 3.63) is 53.9 Å². The maximum absolute atomic E-state index is 5.51. The molecule has 0 aliphatic carbocycles. The van der Waals surface area contributed by atoms with E-state index in [0.717, 1.165) is 18.8 Å². The van der Waals surface area contributed by atoms with E-state index in [1.807, 2.05) is 29.2 Å². The van der Waals surface area contributed by atoms with E-state index in [1.165, 1.54) is 11.1 Å². The predicted octanol–water partition coefficient (Wildman–Crippen LogP) is 2.73. The normalized spacial score (nSPS) is 15.1. The lowest BCUT2D eigenvalue weighted by Gasteiger charge is -2.17. The summed E-state index contributed by atoms with van der Waals surface area (Å²) in [5.74, 6) is 1.04. The summed E-state index contributed by atoms with van der Waals surface area (Å²) in [6.45, 7) is 2.98. The summed E-state index contributed by atoms with van der Waals surface area (Å²) in [5, 5.41) is 0. The third-order valence-electron chi connectivity index (χ3n) is 3.16. The molecule has 0 saturated heterocycles. The van der Waals surface area contributed by atoms with Gasteiger partial charge in [0.25, 0.3) is 0 Å². The Labute approximate surface area is 101 Å². The van der Waals surface area contributed by atoms with Crippen LogP contribution >= 0.6 is 0 Å². The van der Waals surface area contributed by atoms with Gasteiger partial charge in [0.05, 0.1) is 12.6 Å². The van der Waals surface area contributed by atoms with E-state index in [1.54, 1.807) is 0 Å². The van der Waals surface area contributed by atoms with E-state index in [-0.39, 0.29) is 6.04 Å². The molecule has 0 spiro atoms. The van der Waals surface area contributed by atoms with E-state index in [0.29, 0.717) is 0 Å². The molecule has 0 fully saturated rings. The van der Waals surface area contributed by atoms with Crippen molar-refractivity contribution >= 4 is 0 Å². The lowest BCUT2D eigenvalue weighted by Crippen LogP contribution is -2.16. The van der Waals surface area contributed by atoms with E-state index < -0.39 is 0 Å². The van der Waals surface area contributed by atoms with Gasteiger partial charge in [-0.3, -0.25) is 4.68 Å². The van der Waals surface area contributed by atoms with Crippen molar-refractivity contribution in [1.82, 2.24) is 4.68 Å². The molecule has 0 amide bonds. The highest BCUT2D eigenvalue weighted by atomic mass is 16.5. The van der Waals surface area contributed by atoms with Gasteiger partial charge in [0.15, 0.2) is 0 Å². The van der Waals surface area contributed by atoms with Crippen LogP contribution in [0, 0.1) is 0 Å². The zero-order valence-corrected chi connectivity index (χ0v) is 9.89. The van der Waals surface area contributed by atoms with Crippen molar-refractivity contribution in [2.45, 2.75) is 19.4 Å². The highest BCUT2D eigenvalue weighted by Gasteiger charge is 2.14. The molecular formula is C14H16N2O. The Morgan fingerprint density at radius 2 is 2.12 bits per heavy atom. The van der Waals surface area contributed by atoms with Gasteiger partial charge in [-0.15, -0.1) is 0 Å². The highest BCUT2D eigenvalue weighted by Crippen LogP contribution is 2.28. The number of rotatable bonds is 3. The maximum Gasteiger partial charge on any atom is 0.122 e. The molecule has 1 aromatic heterocycles. The number of benzene rings is 1. The van der Waals surface area contributed by atoms with Crippen molar-refractivity contribution in [2.24, 2.45) is 0 Å². The first-order valence-corrected chi connectivity index (χ1v) is 5.98. The van der Waals surface area contributed by atoms with Gasteiger partial charge in [-0.1, -0.05) is 6.07 Å². The van der Waals surface area contributed by atoms with E-state index in [9.17, 15) is 0 Å². The van der Waals surface area contributed by atoms with Crippen molar-refractivity contribution in [1.29, 1.82) is 0 Å². The smallest absolute Gasteiger partial charge is 0.122 e. The van der Waals surface area contributed by atoms with Crippen LogP contribution < -0.4 is 10.2 Å². The summed E-state index contributed by atoms with van der Waals surface area (Å²) in [6.07, 6.45) is 5.04. The predicted molar refractivity (Wildman–Crippen MR) is 67.8 cm³/mol. The maximum atomic E-state index is 5.51. The Morgan fingerprint density at radius 3 is 2.94 bits per heavy atom. The van der Waals surface area contributed by atoms with Crippen molar-refractivity contribution in [3.63, 3.8) is 0 Å². The number of hydrogen-bond acceptors (Lipinski definition) is 2. The monoisotopic (exact) mass is 228 g/mol. The minimum atomic E-state index is 0.285. The third-order valence-corrected chi connectivity index (χ3v) is 3.16. The Kier molecular flexibility index (Phi) is 2.52. The van der Waals surface area contributed by atoms with E-state index >= 15 is 0 Å². The van der Waals surface area contributed by atoms with Crippen LogP contribution in [0.2, 0.25) is 0 Å². The number of hydrogen-bond donors (Lipinski definition) is 1. The molecule has 1 aliphatic heterocycles. The number of aromatic nitrogens is 1. The average molecular weight is 228 g/mol. The summed E-state index contributed by atoms with van der Waals surface area (Å²) in [6, 6.07) is 10.8. The fraction of sp³-hybridized carbons (Fsp3) is 0.286. The summed E-state index contributed by atoms with van der Waals surface area (Å²) < 4.78 is 7.49. The first-order valence-electron chi connectivity index (χ1n) is 5.98. The van der Waals surface area contributed by atoms with Crippen LogP contribution in [-0.2, 0) is 6.42 Å². The molecule has 88 valence electrons. The van der Waals surface area contributed by atoms with E-state index in [4.69, 9.17) is 4.74 Å². The van der Waals surface area contributed by atoms with Crippen molar-refractivity contribution in [2.75, 3.05) is 12.0 Å². The summed E-state index contributed by atoms with van der Waals surface area (Å²) in [4.78, 5) is 0. The van der Waals surface area contributed by atoms with Crippen molar-refractivity contribution < 1.29 is 4.74 Å². The molecule has 3 heteroatoms. The van der Waals surface area contributed by atoms with Gasteiger partial charge in [0.1, 0.15) is 5.75 Å². The second-order valence-electron chi connectivity index (χ2n) is 4.41. The number of nitrogens with zero attached hydrogens (tertiary/aromatic N) is 1. The van der Waals surface area contributed by atoms with Crippen LogP contribution in [0.15, 0.2) is 42.7 Å². The van der Waals surface area contributed by atoms with Crippen LogP contribution in [0.5, 0.6) is 5.75 Å². The van der Waals surface area contributed by atoms with E-state index in [2.05, 4.69) is 30.5 Å². The topological polar surface area (TPSA) is 26.2 Å². The van der Waals surface area contributed by atoms with Gasteiger partial charge in [-0.05, 0) is 42.3 Å². The lowest BCUT2D eigenvalue weighted by molar-refractivity contribution is 0.357. The molecule has 1 atom stereocenters. The molecule has 1 aliphatic rings. The molecule has 2 aromatic rings. The fourth-order valence-electron chi connectivity index (χ4n) is 2.19. The molecule has 0 bridgehead atoms. The Bertz CT molecular complexity index is 505. The Balaban J connectivity index is 1.79. The zero-order valence-electron chi connectivity index (χ0n) is 9.89. The van der Waals surface area contributed by atoms with Gasteiger partial charge >= 0.3 is 0 Å². The lowest BCUT2D eigenvalue weighted by atomic mass is 10.0. The SMILES string of the molecule is CC(Nn1cccc1)c1ccc2c(c1)CCO2. The fourth-order valence-corrected chi connectivity index (χ4v) is 2.19. The van der Waals surface area contributed by atoms with Gasteiger partial charge in [-0.25, -0.2) is 0 Å². The van der Waals surface area contributed by atoms with Crippen LogP contribution in [0.3, 0.4) is 0 Å². The largest absolute Gasteiger partial charge is 0.493 e. The van der Waals surface area contributed by atoms with Crippen LogP contribution in [-0.4, -0.2) is 11.3 Å². The minimum Gasteiger partial charge on any atom is -0.493 e. The van der Waals surface area contributed by atoms with Gasteiger partial charge in [-0.2, -0.15) is 0 Å². The molecule has 17 heavy (non-hydrogen) atoms. The van der Waals surface area contributed by atoms with Gasteiger partial charge < -0.3 is 10.2 Å². The molecule has 3 rings (SSSR count). The Hall–Kier alpha value is -1.90. The van der Waals surface area contributed by atoms with Gasteiger partial charge in [0, 0.05) is 18.8 Å². The molecule has 1 aromatic carbocycles. The number of ether oxygens (including phenoxy) is 1. The van der Waals surface area contributed by atoms with Crippen LogP contribution in [0.25, 0.3) is 0 Å². The number of fused-ring (bicyclic) bond motifs is 1. The first-order chi connectivity index (χ1) is 8.33. The standard InChI is InChI=1S/C14H16N2O/c1-11(15-16-7-2-3-8-16)12-4-5-14-13(10-12)6-9-17-14/h2-5,7-8,10-11,15H,6,9H2,1H3. The molecule has 1 N–H and O–H groups in total. The van der Waals surface area contributed by atoms with Crippen LogP contribution in [0.4, 0.5) is 0 Å². The summed E-state index contributed by atoms with van der Waals surface area (Å²) in [5.41, 5.74) is 6.02. The Morgan fingerprint density at radius 1 is 1.29 bits per heavy atom. The summed E-state index contributed by atoms with van der Waals surface area (Å²) >= 11 is 0. The number of nitrogens with one attached hydrogen (secondary N) is 1. The molecule has 1 unspecified atom stereocenters. The molecule has 3 nitrogen and oxygen atoms in total. The summed E-state index contributed by atoms with van der Waals surface area (Å²) in [7, 11) is 0. The molecular weight excluding hydrogens is 212 g/mol. The highest BCUT2D eigenvalue weighted by molar-refractivity contribution is 5.41.